The first-order valence-electron chi connectivity index (χ1n) is 22.6. The van der Waals surface area contributed by atoms with Crippen molar-refractivity contribution in [3.05, 3.63) is 136 Å². The van der Waals surface area contributed by atoms with Crippen molar-refractivity contribution in [2.75, 3.05) is 35.4 Å². The van der Waals surface area contributed by atoms with Crippen LogP contribution < -0.4 is 28.9 Å². The largest absolute Gasteiger partial charge is 0.493 e. The van der Waals surface area contributed by atoms with E-state index in [0.29, 0.717) is 59.9 Å². The number of para-hydroxylation sites is 2. The van der Waals surface area contributed by atoms with Crippen molar-refractivity contribution in [3.8, 4) is 17.2 Å². The second kappa shape index (κ2) is 17.6. The first kappa shape index (κ1) is 42.7. The lowest BCUT2D eigenvalue weighted by Crippen LogP contribution is -2.37. The third-order valence-electron chi connectivity index (χ3n) is 13.4. The number of esters is 1. The summed E-state index contributed by atoms with van der Waals surface area (Å²) in [5.41, 5.74) is 10.1. The Labute approximate surface area is 382 Å². The Bertz CT molecular complexity index is 2840. The SMILES string of the molecule is COc1cc2c(cc1OCc1cc(COc3cc4c(cc3C)C(=O)N3c5ccccc5C[C@H]3C=N4)cc(N(C)CCCC(=O)OC3C(=O)CCC3=O)c1)CC[C@@H]1Cc3ccccc3N1C2=O. The number of aliphatic imine (C=N–C) groups is 1. The summed E-state index contributed by atoms with van der Waals surface area (Å²) in [4.78, 5) is 75.4. The first-order chi connectivity index (χ1) is 32.0. The topological polar surface area (TPSA) is 144 Å². The lowest BCUT2D eigenvalue weighted by atomic mass is 9.99. The molecule has 336 valence electrons. The van der Waals surface area contributed by atoms with E-state index >= 15 is 0 Å². The molecule has 4 aliphatic heterocycles. The number of Topliss-reactive ketones (excluding diaryl/α,β-unsaturated/α-hetero) is 2. The second-order valence-electron chi connectivity index (χ2n) is 17.8. The molecule has 0 N–H and O–H groups in total. The number of hydrogen-bond donors (Lipinski definition) is 0. The zero-order chi connectivity index (χ0) is 45.6. The van der Waals surface area contributed by atoms with Gasteiger partial charge < -0.3 is 28.7 Å². The number of carbonyl (C=O) groups is 5. The van der Waals surface area contributed by atoms with Gasteiger partial charge in [0.25, 0.3) is 11.8 Å². The van der Waals surface area contributed by atoms with Crippen LogP contribution in [0, 0.1) is 6.92 Å². The highest BCUT2D eigenvalue weighted by atomic mass is 16.6. The molecule has 10 rings (SSSR count). The Morgan fingerprint density at radius 3 is 2.12 bits per heavy atom. The number of amides is 2. The van der Waals surface area contributed by atoms with Crippen LogP contribution in [0.3, 0.4) is 0 Å². The van der Waals surface area contributed by atoms with Gasteiger partial charge in [0.15, 0.2) is 23.1 Å². The number of carbonyl (C=O) groups excluding carboxylic acids is 5. The Morgan fingerprint density at radius 2 is 1.39 bits per heavy atom. The fourth-order valence-electron chi connectivity index (χ4n) is 9.95. The molecular formula is C53H50N4O9. The summed E-state index contributed by atoms with van der Waals surface area (Å²) in [5, 5.41) is 0. The minimum atomic E-state index is -1.28. The lowest BCUT2D eigenvalue weighted by Gasteiger charge is -2.23. The monoisotopic (exact) mass is 886 g/mol. The van der Waals surface area contributed by atoms with E-state index in [1.54, 1.807) is 13.2 Å². The van der Waals surface area contributed by atoms with Crippen LogP contribution in [0.5, 0.6) is 17.2 Å². The third kappa shape index (κ3) is 8.07. The predicted octanol–water partition coefficient (Wildman–Crippen LogP) is 8.03. The van der Waals surface area contributed by atoms with Crippen molar-refractivity contribution in [1.82, 2.24) is 0 Å². The van der Waals surface area contributed by atoms with Crippen molar-refractivity contribution < 1.29 is 42.9 Å². The van der Waals surface area contributed by atoms with Crippen LogP contribution in [0.4, 0.5) is 22.7 Å². The minimum absolute atomic E-state index is 0.0364. The molecule has 5 aromatic carbocycles. The van der Waals surface area contributed by atoms with Crippen molar-refractivity contribution in [3.63, 3.8) is 0 Å². The number of ether oxygens (including phenoxy) is 4. The van der Waals surface area contributed by atoms with Gasteiger partial charge >= 0.3 is 5.97 Å². The van der Waals surface area contributed by atoms with Crippen molar-refractivity contribution in [2.24, 2.45) is 4.99 Å². The van der Waals surface area contributed by atoms with E-state index in [1.807, 2.05) is 108 Å². The number of fused-ring (bicyclic) bond motifs is 8. The molecule has 2 amide bonds. The van der Waals surface area contributed by atoms with Gasteiger partial charge in [0.05, 0.1) is 24.4 Å². The van der Waals surface area contributed by atoms with E-state index in [9.17, 15) is 24.0 Å². The predicted molar refractivity (Wildman–Crippen MR) is 249 cm³/mol. The van der Waals surface area contributed by atoms with Gasteiger partial charge in [0.2, 0.25) is 6.10 Å². The second-order valence-corrected chi connectivity index (χ2v) is 17.8. The van der Waals surface area contributed by atoms with E-state index < -0.39 is 12.1 Å². The molecular weight excluding hydrogens is 837 g/mol. The average molecular weight is 887 g/mol. The van der Waals surface area contributed by atoms with Crippen LogP contribution in [-0.4, -0.2) is 74.5 Å². The van der Waals surface area contributed by atoms with Gasteiger partial charge in [-0.1, -0.05) is 36.4 Å². The average Bonchev–Trinajstić information content (AvgIpc) is 3.94. The Balaban J connectivity index is 0.883. The summed E-state index contributed by atoms with van der Waals surface area (Å²) in [6, 6.07) is 29.5. The maximum atomic E-state index is 14.1. The maximum absolute atomic E-state index is 14.1. The zero-order valence-corrected chi connectivity index (χ0v) is 37.2. The van der Waals surface area contributed by atoms with Gasteiger partial charge in [-0.05, 0) is 115 Å². The Hall–Kier alpha value is -7.28. The minimum Gasteiger partial charge on any atom is -0.493 e. The number of aryl methyl sites for hydroxylation is 2. The number of hydrogen-bond acceptors (Lipinski definition) is 11. The normalized spacial score (nSPS) is 18.2. The Morgan fingerprint density at radius 1 is 0.727 bits per heavy atom. The van der Waals surface area contributed by atoms with Crippen molar-refractivity contribution >= 4 is 58.3 Å². The highest BCUT2D eigenvalue weighted by molar-refractivity contribution is 6.15. The number of anilines is 3. The summed E-state index contributed by atoms with van der Waals surface area (Å²) in [6.45, 7) is 2.75. The summed E-state index contributed by atoms with van der Waals surface area (Å²) < 4.78 is 24.1. The molecule has 5 aromatic rings. The molecule has 2 atom stereocenters. The smallest absolute Gasteiger partial charge is 0.307 e. The maximum Gasteiger partial charge on any atom is 0.307 e. The van der Waals surface area contributed by atoms with Gasteiger partial charge in [-0.3, -0.25) is 33.9 Å². The van der Waals surface area contributed by atoms with Crippen LogP contribution >= 0.6 is 0 Å². The van der Waals surface area contributed by atoms with Crippen LogP contribution in [0.15, 0.2) is 96.0 Å². The molecule has 66 heavy (non-hydrogen) atoms. The van der Waals surface area contributed by atoms with Gasteiger partial charge in [-0.25, -0.2) is 0 Å². The zero-order valence-electron chi connectivity index (χ0n) is 37.2. The molecule has 0 unspecified atom stereocenters. The third-order valence-corrected chi connectivity index (χ3v) is 13.4. The van der Waals surface area contributed by atoms with Gasteiger partial charge in [0, 0.05) is 80.2 Å². The molecule has 1 fully saturated rings. The fraction of sp³-hybridized carbons (Fsp3) is 0.321. The van der Waals surface area contributed by atoms with E-state index in [2.05, 4.69) is 12.1 Å². The standard InChI is InChI=1S/C53H50N4O9/c1-31-19-41-42(54-28-39-24-36-10-5-7-12-44(36)57(39)53(41)62)27-47(31)64-29-32-20-33(22-38(21-32)55(2)18-8-13-50(60)66-51-45(58)16-17-46(51)59)30-65-49-25-34-14-15-37-23-35-9-4-6-11-43(35)56(37)52(61)40(34)26-48(49)63-3/h4-7,9-12,19-22,25-28,37,39,51H,8,13-18,23-24,29-30H2,1-3H3/t37-,39+/m1/s1. The van der Waals surface area contributed by atoms with Crippen molar-refractivity contribution in [1.29, 1.82) is 0 Å². The number of methoxy groups -OCH3 is 1. The first-order valence-corrected chi connectivity index (χ1v) is 22.6. The van der Waals surface area contributed by atoms with Gasteiger partial charge in [0.1, 0.15) is 19.0 Å². The quantitative estimate of drug-likeness (QED) is 0.0842. The number of nitrogens with zero attached hydrogens (tertiary/aromatic N) is 4. The molecule has 4 heterocycles. The van der Waals surface area contributed by atoms with Crippen LogP contribution in [0.1, 0.15) is 86.2 Å². The molecule has 5 aliphatic rings. The summed E-state index contributed by atoms with van der Waals surface area (Å²) in [7, 11) is 3.49. The van der Waals surface area contributed by atoms with E-state index in [4.69, 9.17) is 23.9 Å². The van der Waals surface area contributed by atoms with Gasteiger partial charge in [-0.15, -0.1) is 0 Å². The molecule has 0 radical (unpaired) electrons. The fourth-order valence-corrected chi connectivity index (χ4v) is 9.95. The van der Waals surface area contributed by atoms with Crippen LogP contribution in [-0.2, 0) is 51.6 Å². The van der Waals surface area contributed by atoms with Crippen molar-refractivity contribution in [2.45, 2.75) is 89.7 Å². The highest BCUT2D eigenvalue weighted by Gasteiger charge is 2.39. The summed E-state index contributed by atoms with van der Waals surface area (Å²) in [6.07, 6.45) is 4.31. The van der Waals surface area contributed by atoms with E-state index in [1.165, 1.54) is 5.56 Å². The number of benzene rings is 5. The lowest BCUT2D eigenvalue weighted by molar-refractivity contribution is -0.157. The summed E-state index contributed by atoms with van der Waals surface area (Å²) in [5.74, 6) is 0.178. The summed E-state index contributed by atoms with van der Waals surface area (Å²) >= 11 is 0. The highest BCUT2D eigenvalue weighted by Crippen LogP contribution is 2.42. The molecule has 0 saturated heterocycles. The van der Waals surface area contributed by atoms with Gasteiger partial charge in [-0.2, -0.15) is 0 Å². The number of rotatable bonds is 13. The van der Waals surface area contributed by atoms with E-state index in [-0.39, 0.29) is 67.9 Å². The molecule has 0 bridgehead atoms. The number of ketones is 2. The molecule has 0 spiro atoms. The van der Waals surface area contributed by atoms with Crippen LogP contribution in [0.25, 0.3) is 0 Å². The molecule has 1 aliphatic carbocycles. The molecule has 0 aromatic heterocycles. The van der Waals surface area contributed by atoms with Crippen LogP contribution in [0.2, 0.25) is 0 Å². The molecule has 1 saturated carbocycles. The molecule has 13 heteroatoms. The molecule has 13 nitrogen and oxygen atoms in total. The Kier molecular flexibility index (Phi) is 11.4. The van der Waals surface area contributed by atoms with E-state index in [0.717, 1.165) is 57.7 Å².